The van der Waals surface area contributed by atoms with Gasteiger partial charge in [0.2, 0.25) is 0 Å². The average molecular weight is 589 g/mol. The molecule has 0 bridgehead atoms. The Kier molecular flexibility index (Phi) is 10.0. The van der Waals surface area contributed by atoms with Crippen molar-refractivity contribution in [1.82, 2.24) is 15.2 Å². The van der Waals surface area contributed by atoms with E-state index in [9.17, 15) is 14.4 Å². The molecule has 0 radical (unpaired) electrons. The van der Waals surface area contributed by atoms with Crippen molar-refractivity contribution in [3.63, 3.8) is 0 Å². The number of rotatable bonds is 9. The van der Waals surface area contributed by atoms with Crippen LogP contribution in [0.15, 0.2) is 54.9 Å². The fraction of sp³-hybridized carbons (Fsp3) is 0.345. The molecule has 0 aliphatic carbocycles. The summed E-state index contributed by atoms with van der Waals surface area (Å²) in [6.45, 7) is 4.75. The Labute approximate surface area is 243 Å². The number of nitrogens with one attached hydrogen (secondary N) is 1. The van der Waals surface area contributed by atoms with Crippen molar-refractivity contribution >= 4 is 46.4 Å². The number of nitriles is 1. The van der Waals surface area contributed by atoms with Gasteiger partial charge >= 0.3 is 0 Å². The average Bonchev–Trinajstić information content (AvgIpc) is 2.93. The van der Waals surface area contributed by atoms with Gasteiger partial charge in [-0.1, -0.05) is 34.8 Å². The molecule has 1 N–H and O–H groups in total. The third-order valence-electron chi connectivity index (χ3n) is 7.17. The Balaban J connectivity index is 1.37. The predicted molar refractivity (Wildman–Crippen MR) is 154 cm³/mol. The molecule has 1 amide bonds. The van der Waals surface area contributed by atoms with E-state index in [0.717, 1.165) is 38.0 Å². The minimum Gasteiger partial charge on any atom is -0.364 e. The van der Waals surface area contributed by atoms with Gasteiger partial charge in [-0.25, -0.2) is 4.39 Å². The summed E-state index contributed by atoms with van der Waals surface area (Å²) >= 11 is 18.4. The molecule has 1 aliphatic rings. The molecule has 3 aromatic rings. The lowest BCUT2D eigenvalue weighted by Crippen LogP contribution is -2.48. The number of pyridine rings is 1. The van der Waals surface area contributed by atoms with Crippen LogP contribution in [0.4, 0.5) is 10.1 Å². The Morgan fingerprint density at radius 3 is 2.46 bits per heavy atom. The summed E-state index contributed by atoms with van der Waals surface area (Å²) in [5, 5.41) is 13.0. The van der Waals surface area contributed by atoms with E-state index in [4.69, 9.17) is 34.8 Å². The summed E-state index contributed by atoms with van der Waals surface area (Å²) < 4.78 is 14.6. The summed E-state index contributed by atoms with van der Waals surface area (Å²) in [6, 6.07) is 14.6. The van der Waals surface area contributed by atoms with E-state index in [2.05, 4.69) is 33.1 Å². The number of likely N-dealkylation sites (tertiary alicyclic amines) is 1. The van der Waals surface area contributed by atoms with Crippen molar-refractivity contribution < 1.29 is 9.18 Å². The number of nitrogens with zero attached hydrogens (tertiary/aromatic N) is 4. The van der Waals surface area contributed by atoms with Crippen LogP contribution >= 0.6 is 34.8 Å². The Morgan fingerprint density at radius 2 is 1.82 bits per heavy atom. The molecule has 1 aliphatic heterocycles. The highest BCUT2D eigenvalue weighted by Gasteiger charge is 2.28. The van der Waals surface area contributed by atoms with Crippen LogP contribution in [0.25, 0.3) is 0 Å². The molecular formula is C29H29Cl3FN5O. The highest BCUT2D eigenvalue weighted by atomic mass is 35.5. The molecule has 0 spiro atoms. The zero-order chi connectivity index (χ0) is 27.9. The zero-order valence-electron chi connectivity index (χ0n) is 21.5. The molecule has 1 atom stereocenters. The van der Waals surface area contributed by atoms with Crippen molar-refractivity contribution in [2.75, 3.05) is 24.5 Å². The summed E-state index contributed by atoms with van der Waals surface area (Å²) in [5.74, 6) is -0.606. The van der Waals surface area contributed by atoms with Crippen LogP contribution in [0.2, 0.25) is 15.1 Å². The van der Waals surface area contributed by atoms with Crippen LogP contribution in [-0.2, 0) is 6.54 Å². The standard InChI is InChI=1S/C29H29Cl3FN5O/c1-19(8-11-36-29(39)28-25(31)16-35-17-26(28)32)37-12-9-24(10-13-37)38(23-5-2-20(15-34)3-6-23)18-21-14-22(30)4-7-27(21)33/h2-7,14,16-17,19,24H,8-13,18H2,1H3,(H,36,39). The minimum atomic E-state index is -0.315. The summed E-state index contributed by atoms with van der Waals surface area (Å²) in [7, 11) is 0. The number of halogens is 4. The summed E-state index contributed by atoms with van der Waals surface area (Å²) in [6.07, 6.45) is 5.35. The highest BCUT2D eigenvalue weighted by Crippen LogP contribution is 2.29. The van der Waals surface area contributed by atoms with E-state index < -0.39 is 0 Å². The van der Waals surface area contributed by atoms with Crippen LogP contribution in [0.5, 0.6) is 0 Å². The Bertz CT molecular complexity index is 1320. The third kappa shape index (κ3) is 7.40. The van der Waals surface area contributed by atoms with E-state index in [0.29, 0.717) is 29.2 Å². The van der Waals surface area contributed by atoms with Crippen molar-refractivity contribution in [3.05, 3.63) is 92.4 Å². The molecule has 204 valence electrons. The number of hydrogen-bond donors (Lipinski definition) is 1. The molecule has 6 nitrogen and oxygen atoms in total. The number of carbonyl (C=O) groups is 1. The van der Waals surface area contributed by atoms with E-state index >= 15 is 0 Å². The van der Waals surface area contributed by atoms with Gasteiger partial charge in [-0.3, -0.25) is 9.78 Å². The topological polar surface area (TPSA) is 72.3 Å². The lowest BCUT2D eigenvalue weighted by molar-refractivity contribution is 0.0945. The number of carbonyl (C=O) groups excluding carboxylic acids is 1. The van der Waals surface area contributed by atoms with E-state index in [1.165, 1.54) is 18.5 Å². The Morgan fingerprint density at radius 1 is 1.15 bits per heavy atom. The Hall–Kier alpha value is -2.89. The molecule has 2 aromatic carbocycles. The number of benzene rings is 2. The van der Waals surface area contributed by atoms with Crippen LogP contribution in [0.1, 0.15) is 47.7 Å². The van der Waals surface area contributed by atoms with Gasteiger partial charge in [-0.05, 0) is 68.7 Å². The molecule has 10 heteroatoms. The van der Waals surface area contributed by atoms with Gasteiger partial charge in [0.05, 0.1) is 27.2 Å². The van der Waals surface area contributed by atoms with Gasteiger partial charge in [0.15, 0.2) is 0 Å². The van der Waals surface area contributed by atoms with Crippen molar-refractivity contribution in [1.29, 1.82) is 5.26 Å². The first kappa shape index (κ1) is 29.1. The molecule has 0 saturated carbocycles. The fourth-order valence-electron chi connectivity index (χ4n) is 4.94. The molecule has 1 aromatic heterocycles. The molecule has 2 heterocycles. The number of amides is 1. The predicted octanol–water partition coefficient (Wildman–Crippen LogP) is 6.73. The second-order valence-electron chi connectivity index (χ2n) is 9.66. The van der Waals surface area contributed by atoms with Gasteiger partial charge in [0, 0.05) is 66.9 Å². The minimum absolute atomic E-state index is 0.190. The van der Waals surface area contributed by atoms with Crippen LogP contribution in [0, 0.1) is 17.1 Å². The molecule has 1 unspecified atom stereocenters. The zero-order valence-corrected chi connectivity index (χ0v) is 23.8. The van der Waals surface area contributed by atoms with Crippen molar-refractivity contribution in [2.45, 2.75) is 44.8 Å². The van der Waals surface area contributed by atoms with Crippen LogP contribution in [0.3, 0.4) is 0 Å². The van der Waals surface area contributed by atoms with Crippen molar-refractivity contribution in [3.8, 4) is 6.07 Å². The third-order valence-corrected chi connectivity index (χ3v) is 7.98. The maximum absolute atomic E-state index is 14.6. The van der Waals surface area contributed by atoms with Gasteiger partial charge in [0.25, 0.3) is 5.91 Å². The second-order valence-corrected chi connectivity index (χ2v) is 10.9. The fourth-order valence-corrected chi connectivity index (χ4v) is 5.67. The maximum Gasteiger partial charge on any atom is 0.254 e. The van der Waals surface area contributed by atoms with Crippen LogP contribution in [-0.4, -0.2) is 47.5 Å². The van der Waals surface area contributed by atoms with E-state index in [1.54, 1.807) is 24.3 Å². The first-order valence-corrected chi connectivity index (χ1v) is 13.9. The van der Waals surface area contributed by atoms with Gasteiger partial charge < -0.3 is 15.1 Å². The molecule has 1 fully saturated rings. The number of piperidine rings is 1. The highest BCUT2D eigenvalue weighted by molar-refractivity contribution is 6.39. The molecule has 39 heavy (non-hydrogen) atoms. The van der Waals surface area contributed by atoms with Gasteiger partial charge in [0.1, 0.15) is 5.82 Å². The SMILES string of the molecule is CC(CCNC(=O)c1c(Cl)cncc1Cl)N1CCC(N(Cc2cc(Cl)ccc2F)c2ccc(C#N)cc2)CC1. The molecular weight excluding hydrogens is 560 g/mol. The number of aromatic nitrogens is 1. The van der Waals surface area contributed by atoms with Gasteiger partial charge in [-0.15, -0.1) is 0 Å². The van der Waals surface area contributed by atoms with Crippen molar-refractivity contribution in [2.24, 2.45) is 0 Å². The quantitative estimate of drug-likeness (QED) is 0.300. The first-order chi connectivity index (χ1) is 18.8. The van der Waals surface area contributed by atoms with E-state index in [1.807, 2.05) is 12.1 Å². The maximum atomic E-state index is 14.6. The lowest BCUT2D eigenvalue weighted by atomic mass is 9.99. The van der Waals surface area contributed by atoms with E-state index in [-0.39, 0.29) is 39.4 Å². The van der Waals surface area contributed by atoms with Gasteiger partial charge in [-0.2, -0.15) is 5.26 Å². The largest absolute Gasteiger partial charge is 0.364 e. The molecule has 4 rings (SSSR count). The number of hydrogen-bond acceptors (Lipinski definition) is 5. The molecule has 1 saturated heterocycles. The summed E-state index contributed by atoms with van der Waals surface area (Å²) in [5.41, 5.74) is 2.29. The smallest absolute Gasteiger partial charge is 0.254 e. The van der Waals surface area contributed by atoms with Crippen LogP contribution < -0.4 is 10.2 Å². The monoisotopic (exact) mass is 587 g/mol. The number of anilines is 1. The summed E-state index contributed by atoms with van der Waals surface area (Å²) in [4.78, 5) is 21.1. The lowest BCUT2D eigenvalue weighted by Gasteiger charge is -2.42. The normalized spacial score (nSPS) is 15.0. The second kappa shape index (κ2) is 13.5. The first-order valence-electron chi connectivity index (χ1n) is 12.8.